The van der Waals surface area contributed by atoms with Crippen LogP contribution in [0.5, 0.6) is 0 Å². The SMILES string of the molecule is Cc1cccc(C)c1NC(=O)CN(C)C(=O)C(C)C(C)N. The van der Waals surface area contributed by atoms with Crippen molar-refractivity contribution in [3.05, 3.63) is 29.3 Å². The number of amides is 2. The predicted molar refractivity (Wildman–Crippen MR) is 85.0 cm³/mol. The Balaban J connectivity index is 2.68. The first-order chi connectivity index (χ1) is 9.73. The number of benzene rings is 1. The largest absolute Gasteiger partial charge is 0.336 e. The number of carbonyl (C=O) groups excluding carboxylic acids is 2. The summed E-state index contributed by atoms with van der Waals surface area (Å²) in [6, 6.07) is 5.59. The third-order valence-electron chi connectivity index (χ3n) is 3.68. The molecule has 0 radical (unpaired) electrons. The standard InChI is InChI=1S/C16H25N3O2/c1-10-7-6-8-11(2)15(10)18-14(20)9-19(5)16(21)12(3)13(4)17/h6-8,12-13H,9,17H2,1-5H3,(H,18,20). The number of nitrogens with one attached hydrogen (secondary N) is 1. The van der Waals surface area contributed by atoms with Gasteiger partial charge in [-0.1, -0.05) is 25.1 Å². The van der Waals surface area contributed by atoms with Crippen molar-refractivity contribution in [2.75, 3.05) is 18.9 Å². The number of hydrogen-bond donors (Lipinski definition) is 2. The van der Waals surface area contributed by atoms with Crippen LogP contribution in [-0.2, 0) is 9.59 Å². The Morgan fingerprint density at radius 3 is 2.24 bits per heavy atom. The topological polar surface area (TPSA) is 75.4 Å². The average Bonchev–Trinajstić information content (AvgIpc) is 2.41. The summed E-state index contributed by atoms with van der Waals surface area (Å²) in [5.41, 5.74) is 8.53. The van der Waals surface area contributed by atoms with Crippen LogP contribution in [-0.4, -0.2) is 36.3 Å². The first kappa shape index (κ1) is 17.2. The second kappa shape index (κ2) is 7.22. The van der Waals surface area contributed by atoms with Crippen molar-refractivity contribution < 1.29 is 9.59 Å². The van der Waals surface area contributed by atoms with E-state index in [0.717, 1.165) is 16.8 Å². The van der Waals surface area contributed by atoms with Crippen LogP contribution in [0.2, 0.25) is 0 Å². The highest BCUT2D eigenvalue weighted by Gasteiger charge is 2.22. The van der Waals surface area contributed by atoms with Gasteiger partial charge in [-0.25, -0.2) is 0 Å². The number of anilines is 1. The minimum Gasteiger partial charge on any atom is -0.336 e. The molecule has 0 saturated heterocycles. The molecule has 0 aliphatic carbocycles. The molecule has 0 aromatic heterocycles. The number of nitrogens with zero attached hydrogens (tertiary/aromatic N) is 1. The van der Waals surface area contributed by atoms with Crippen LogP contribution in [0.1, 0.15) is 25.0 Å². The summed E-state index contributed by atoms with van der Waals surface area (Å²) in [5, 5.41) is 2.87. The van der Waals surface area contributed by atoms with Gasteiger partial charge in [0, 0.05) is 18.8 Å². The molecule has 0 fully saturated rings. The molecule has 0 saturated carbocycles. The maximum atomic E-state index is 12.1. The summed E-state index contributed by atoms with van der Waals surface area (Å²) >= 11 is 0. The molecule has 1 rings (SSSR count). The molecule has 5 heteroatoms. The Bertz CT molecular complexity index is 506. The lowest BCUT2D eigenvalue weighted by Crippen LogP contribution is -2.42. The number of rotatable bonds is 5. The fourth-order valence-electron chi connectivity index (χ4n) is 2.06. The summed E-state index contributed by atoms with van der Waals surface area (Å²) in [4.78, 5) is 25.6. The monoisotopic (exact) mass is 291 g/mol. The maximum absolute atomic E-state index is 12.1. The summed E-state index contributed by atoms with van der Waals surface area (Å²) in [7, 11) is 1.62. The van der Waals surface area contributed by atoms with E-state index in [0.29, 0.717) is 0 Å². The number of nitrogens with two attached hydrogens (primary N) is 1. The minimum absolute atomic E-state index is 0.0175. The van der Waals surface area contributed by atoms with Crippen molar-refractivity contribution in [2.45, 2.75) is 33.7 Å². The van der Waals surface area contributed by atoms with Gasteiger partial charge in [0.05, 0.1) is 12.5 Å². The fraction of sp³-hybridized carbons (Fsp3) is 0.500. The molecule has 2 amide bonds. The molecule has 3 N–H and O–H groups in total. The van der Waals surface area contributed by atoms with Crippen LogP contribution in [0.4, 0.5) is 5.69 Å². The zero-order valence-electron chi connectivity index (χ0n) is 13.4. The van der Waals surface area contributed by atoms with Crippen LogP contribution in [0.25, 0.3) is 0 Å². The minimum atomic E-state index is -0.303. The molecule has 5 nitrogen and oxygen atoms in total. The molecular formula is C16H25N3O2. The molecular weight excluding hydrogens is 266 g/mol. The van der Waals surface area contributed by atoms with E-state index in [1.54, 1.807) is 20.9 Å². The van der Waals surface area contributed by atoms with E-state index in [4.69, 9.17) is 5.73 Å². The Kier molecular flexibility index (Phi) is 5.90. The van der Waals surface area contributed by atoms with Gasteiger partial charge in [0.25, 0.3) is 0 Å². The van der Waals surface area contributed by atoms with Crippen LogP contribution < -0.4 is 11.1 Å². The van der Waals surface area contributed by atoms with Gasteiger partial charge in [0.15, 0.2) is 0 Å². The van der Waals surface area contributed by atoms with E-state index in [1.807, 2.05) is 32.0 Å². The third kappa shape index (κ3) is 4.56. The second-order valence-electron chi connectivity index (χ2n) is 5.66. The quantitative estimate of drug-likeness (QED) is 0.866. The molecule has 0 aliphatic heterocycles. The smallest absolute Gasteiger partial charge is 0.243 e. The summed E-state index contributed by atoms with van der Waals surface area (Å²) < 4.78 is 0. The summed E-state index contributed by atoms with van der Waals surface area (Å²) in [6.45, 7) is 7.45. The zero-order valence-corrected chi connectivity index (χ0v) is 13.4. The summed E-state index contributed by atoms with van der Waals surface area (Å²) in [5.74, 6) is -0.634. The number of para-hydroxylation sites is 1. The Morgan fingerprint density at radius 2 is 1.76 bits per heavy atom. The van der Waals surface area contributed by atoms with Crippen molar-refractivity contribution >= 4 is 17.5 Å². The van der Waals surface area contributed by atoms with Gasteiger partial charge in [-0.15, -0.1) is 0 Å². The van der Waals surface area contributed by atoms with Crippen LogP contribution >= 0.6 is 0 Å². The highest BCUT2D eigenvalue weighted by molar-refractivity contribution is 5.95. The van der Waals surface area contributed by atoms with Crippen LogP contribution in [0.15, 0.2) is 18.2 Å². The molecule has 2 atom stereocenters. The molecule has 116 valence electrons. The van der Waals surface area contributed by atoms with E-state index in [9.17, 15) is 9.59 Å². The van der Waals surface area contributed by atoms with Gasteiger partial charge < -0.3 is 16.0 Å². The van der Waals surface area contributed by atoms with Crippen molar-refractivity contribution in [1.82, 2.24) is 4.90 Å². The van der Waals surface area contributed by atoms with Crippen LogP contribution in [0.3, 0.4) is 0 Å². The molecule has 2 unspecified atom stereocenters. The van der Waals surface area contributed by atoms with Crippen LogP contribution in [0, 0.1) is 19.8 Å². The lowest BCUT2D eigenvalue weighted by molar-refractivity contribution is -0.136. The first-order valence-corrected chi connectivity index (χ1v) is 7.10. The van der Waals surface area contributed by atoms with Gasteiger partial charge in [-0.2, -0.15) is 0 Å². The number of hydrogen-bond acceptors (Lipinski definition) is 3. The van der Waals surface area contributed by atoms with Crippen molar-refractivity contribution in [3.8, 4) is 0 Å². The molecule has 0 bridgehead atoms. The molecule has 0 spiro atoms. The Labute approximate surface area is 126 Å². The fourth-order valence-corrected chi connectivity index (χ4v) is 2.06. The van der Waals surface area contributed by atoms with Gasteiger partial charge in [0.1, 0.15) is 0 Å². The van der Waals surface area contributed by atoms with Gasteiger partial charge in [-0.3, -0.25) is 9.59 Å². The molecule has 1 aromatic carbocycles. The molecule has 0 heterocycles. The third-order valence-corrected chi connectivity index (χ3v) is 3.68. The van der Waals surface area contributed by atoms with E-state index >= 15 is 0 Å². The second-order valence-corrected chi connectivity index (χ2v) is 5.66. The van der Waals surface area contributed by atoms with E-state index < -0.39 is 0 Å². The number of aryl methyl sites for hydroxylation is 2. The van der Waals surface area contributed by atoms with Gasteiger partial charge in [0.2, 0.25) is 11.8 Å². The molecule has 1 aromatic rings. The molecule has 0 aliphatic rings. The lowest BCUT2D eigenvalue weighted by atomic mass is 10.0. The summed E-state index contributed by atoms with van der Waals surface area (Å²) in [6.07, 6.45) is 0. The molecule has 21 heavy (non-hydrogen) atoms. The van der Waals surface area contributed by atoms with E-state index in [-0.39, 0.29) is 30.3 Å². The normalized spacial score (nSPS) is 13.4. The Morgan fingerprint density at radius 1 is 1.24 bits per heavy atom. The highest BCUT2D eigenvalue weighted by atomic mass is 16.2. The maximum Gasteiger partial charge on any atom is 0.243 e. The number of carbonyl (C=O) groups is 2. The van der Waals surface area contributed by atoms with E-state index in [1.165, 1.54) is 4.90 Å². The average molecular weight is 291 g/mol. The van der Waals surface area contributed by atoms with Crippen molar-refractivity contribution in [1.29, 1.82) is 0 Å². The van der Waals surface area contributed by atoms with Gasteiger partial charge in [-0.05, 0) is 31.9 Å². The predicted octanol–water partition coefficient (Wildman–Crippen LogP) is 1.68. The van der Waals surface area contributed by atoms with Crippen molar-refractivity contribution in [2.24, 2.45) is 11.7 Å². The Hall–Kier alpha value is -1.88. The first-order valence-electron chi connectivity index (χ1n) is 7.10. The number of likely N-dealkylation sites (N-methyl/N-ethyl adjacent to an activating group) is 1. The zero-order chi connectivity index (χ0) is 16.2. The van der Waals surface area contributed by atoms with E-state index in [2.05, 4.69) is 5.32 Å². The van der Waals surface area contributed by atoms with Crippen molar-refractivity contribution in [3.63, 3.8) is 0 Å². The van der Waals surface area contributed by atoms with Gasteiger partial charge >= 0.3 is 0 Å². The lowest BCUT2D eigenvalue weighted by Gasteiger charge is -2.23. The highest BCUT2D eigenvalue weighted by Crippen LogP contribution is 2.19.